The summed E-state index contributed by atoms with van der Waals surface area (Å²) in [5.41, 5.74) is 1.38. The molecular formula is C11H15N3O2S. The average Bonchev–Trinajstić information content (AvgIpc) is 2.55. The largest absolute Gasteiger partial charge is 0.330 e. The zero-order valence-electron chi connectivity index (χ0n) is 10.1. The number of benzene rings is 1. The lowest BCUT2D eigenvalue weighted by molar-refractivity contribution is 0.602. The molecule has 0 aliphatic carbocycles. The Morgan fingerprint density at radius 2 is 2.12 bits per heavy atom. The number of aromatic nitrogens is 2. The first-order valence-electron chi connectivity index (χ1n) is 5.24. The van der Waals surface area contributed by atoms with Crippen LogP contribution in [0.2, 0.25) is 0 Å². The molecule has 2 rings (SSSR count). The lowest BCUT2D eigenvalue weighted by atomic mass is 10.3. The number of para-hydroxylation sites is 1. The number of nitrogens with zero attached hydrogens (tertiary/aromatic N) is 2. The Morgan fingerprint density at radius 3 is 2.71 bits per heavy atom. The number of hydrogen-bond acceptors (Lipinski definition) is 4. The molecule has 0 aliphatic rings. The van der Waals surface area contributed by atoms with Crippen molar-refractivity contribution in [2.45, 2.75) is 11.4 Å². The van der Waals surface area contributed by atoms with Crippen molar-refractivity contribution in [2.75, 3.05) is 13.3 Å². The second kappa shape index (κ2) is 4.12. The molecule has 0 unspecified atom stereocenters. The SMILES string of the molecule is CNCc1nc2c(S(C)(=O)=O)cccc2n1C. The Labute approximate surface area is 100 Å². The summed E-state index contributed by atoms with van der Waals surface area (Å²) in [6.45, 7) is 0.606. The maximum Gasteiger partial charge on any atom is 0.177 e. The molecule has 17 heavy (non-hydrogen) atoms. The Balaban J connectivity index is 2.78. The van der Waals surface area contributed by atoms with Crippen LogP contribution >= 0.6 is 0 Å². The summed E-state index contributed by atoms with van der Waals surface area (Å²) in [6.07, 6.45) is 1.20. The number of hydrogen-bond donors (Lipinski definition) is 1. The van der Waals surface area contributed by atoms with Crippen LogP contribution in [0.15, 0.2) is 23.1 Å². The molecule has 0 radical (unpaired) electrons. The van der Waals surface area contributed by atoms with Crippen molar-refractivity contribution in [3.8, 4) is 0 Å². The van der Waals surface area contributed by atoms with Crippen LogP contribution in [0, 0.1) is 0 Å². The summed E-state index contributed by atoms with van der Waals surface area (Å²) in [4.78, 5) is 4.67. The van der Waals surface area contributed by atoms with E-state index in [0.29, 0.717) is 12.1 Å². The van der Waals surface area contributed by atoms with Crippen LogP contribution in [0.5, 0.6) is 0 Å². The number of rotatable bonds is 3. The van der Waals surface area contributed by atoms with Crippen molar-refractivity contribution in [3.63, 3.8) is 0 Å². The van der Waals surface area contributed by atoms with Crippen LogP contribution in [0.3, 0.4) is 0 Å². The van der Waals surface area contributed by atoms with Gasteiger partial charge in [-0.15, -0.1) is 0 Å². The second-order valence-corrected chi connectivity index (χ2v) is 6.00. The Hall–Kier alpha value is -1.40. The minimum Gasteiger partial charge on any atom is -0.330 e. The first-order valence-corrected chi connectivity index (χ1v) is 7.13. The zero-order valence-corrected chi connectivity index (χ0v) is 10.9. The lowest BCUT2D eigenvalue weighted by Gasteiger charge is -2.01. The quantitative estimate of drug-likeness (QED) is 0.874. The van der Waals surface area contributed by atoms with E-state index in [9.17, 15) is 8.42 Å². The molecule has 5 nitrogen and oxygen atoms in total. The van der Waals surface area contributed by atoms with Crippen LogP contribution in [0.25, 0.3) is 11.0 Å². The highest BCUT2D eigenvalue weighted by atomic mass is 32.2. The summed E-state index contributed by atoms with van der Waals surface area (Å²) in [7, 11) is 0.469. The zero-order chi connectivity index (χ0) is 12.6. The van der Waals surface area contributed by atoms with Crippen LogP contribution in [0.4, 0.5) is 0 Å². The van der Waals surface area contributed by atoms with Crippen molar-refractivity contribution in [3.05, 3.63) is 24.0 Å². The predicted molar refractivity (Wildman–Crippen MR) is 66.6 cm³/mol. The van der Waals surface area contributed by atoms with Gasteiger partial charge in [-0.25, -0.2) is 13.4 Å². The van der Waals surface area contributed by atoms with Crippen molar-refractivity contribution in [1.82, 2.24) is 14.9 Å². The van der Waals surface area contributed by atoms with Gasteiger partial charge in [0.2, 0.25) is 0 Å². The standard InChI is InChI=1S/C11H15N3O2S/c1-12-7-10-13-11-8(14(10)2)5-4-6-9(11)17(3,15)16/h4-6,12H,7H2,1-3H3. The number of nitrogens with one attached hydrogen (secondary N) is 1. The summed E-state index contributed by atoms with van der Waals surface area (Å²) in [5, 5.41) is 3.01. The molecule has 0 amide bonds. The molecule has 0 atom stereocenters. The molecule has 6 heteroatoms. The van der Waals surface area contributed by atoms with Crippen molar-refractivity contribution >= 4 is 20.9 Å². The molecule has 1 aromatic heterocycles. The minimum atomic E-state index is -3.24. The van der Waals surface area contributed by atoms with Gasteiger partial charge in [0.1, 0.15) is 11.3 Å². The fourth-order valence-electron chi connectivity index (χ4n) is 1.85. The molecule has 1 heterocycles. The fraction of sp³-hybridized carbons (Fsp3) is 0.364. The number of fused-ring (bicyclic) bond motifs is 1. The van der Waals surface area contributed by atoms with Crippen LogP contribution in [-0.2, 0) is 23.4 Å². The Bertz CT molecular complexity index is 659. The van der Waals surface area contributed by atoms with E-state index in [4.69, 9.17) is 0 Å². The molecule has 0 spiro atoms. The van der Waals surface area contributed by atoms with Crippen molar-refractivity contribution in [1.29, 1.82) is 0 Å². The van der Waals surface area contributed by atoms with E-state index >= 15 is 0 Å². The topological polar surface area (TPSA) is 64.0 Å². The van der Waals surface area contributed by atoms with Crippen molar-refractivity contribution < 1.29 is 8.42 Å². The van der Waals surface area contributed by atoms with Gasteiger partial charge >= 0.3 is 0 Å². The van der Waals surface area contributed by atoms with E-state index in [0.717, 1.165) is 11.3 Å². The summed E-state index contributed by atoms with van der Waals surface area (Å²) < 4.78 is 25.2. The maximum absolute atomic E-state index is 11.7. The van der Waals surface area contributed by atoms with Gasteiger partial charge in [-0.2, -0.15) is 0 Å². The minimum absolute atomic E-state index is 0.285. The highest BCUT2D eigenvalue weighted by Crippen LogP contribution is 2.22. The summed E-state index contributed by atoms with van der Waals surface area (Å²) in [6, 6.07) is 5.20. The molecular weight excluding hydrogens is 238 g/mol. The Kier molecular flexibility index (Phi) is 2.92. The van der Waals surface area contributed by atoms with Crippen LogP contribution in [-0.4, -0.2) is 31.3 Å². The number of sulfone groups is 1. The monoisotopic (exact) mass is 253 g/mol. The molecule has 0 saturated heterocycles. The molecule has 0 aliphatic heterocycles. The van der Waals surface area contributed by atoms with Crippen molar-refractivity contribution in [2.24, 2.45) is 7.05 Å². The van der Waals surface area contributed by atoms with E-state index in [1.165, 1.54) is 6.26 Å². The van der Waals surface area contributed by atoms with Gasteiger partial charge in [0.15, 0.2) is 9.84 Å². The highest BCUT2D eigenvalue weighted by Gasteiger charge is 2.16. The van der Waals surface area contributed by atoms with Gasteiger partial charge < -0.3 is 9.88 Å². The van der Waals surface area contributed by atoms with E-state index in [1.54, 1.807) is 12.1 Å². The third kappa shape index (κ3) is 2.05. The smallest absolute Gasteiger partial charge is 0.177 e. The van der Waals surface area contributed by atoms with E-state index < -0.39 is 9.84 Å². The molecule has 2 aromatic rings. The Morgan fingerprint density at radius 1 is 1.41 bits per heavy atom. The second-order valence-electron chi connectivity index (χ2n) is 4.01. The molecule has 0 fully saturated rings. The third-order valence-electron chi connectivity index (χ3n) is 2.70. The van der Waals surface area contributed by atoms with E-state index in [1.807, 2.05) is 24.7 Å². The molecule has 0 bridgehead atoms. The first kappa shape index (κ1) is 12.1. The molecule has 1 N–H and O–H groups in total. The highest BCUT2D eigenvalue weighted by molar-refractivity contribution is 7.91. The number of imidazole rings is 1. The van der Waals surface area contributed by atoms with E-state index in [-0.39, 0.29) is 4.90 Å². The summed E-state index contributed by atoms with van der Waals surface area (Å²) >= 11 is 0. The van der Waals surface area contributed by atoms with Gasteiger partial charge in [0, 0.05) is 13.3 Å². The van der Waals surface area contributed by atoms with Gasteiger partial charge in [-0.3, -0.25) is 0 Å². The van der Waals surface area contributed by atoms with Gasteiger partial charge in [-0.1, -0.05) is 6.07 Å². The lowest BCUT2D eigenvalue weighted by Crippen LogP contribution is -2.10. The molecule has 0 saturated carbocycles. The fourth-order valence-corrected chi connectivity index (χ4v) is 2.68. The molecule has 1 aromatic carbocycles. The van der Waals surface area contributed by atoms with Crippen LogP contribution < -0.4 is 5.32 Å². The third-order valence-corrected chi connectivity index (χ3v) is 3.83. The normalized spacial score (nSPS) is 12.2. The van der Waals surface area contributed by atoms with Gasteiger partial charge in [-0.05, 0) is 19.2 Å². The van der Waals surface area contributed by atoms with Gasteiger partial charge in [0.25, 0.3) is 0 Å². The van der Waals surface area contributed by atoms with Crippen LogP contribution in [0.1, 0.15) is 5.82 Å². The maximum atomic E-state index is 11.7. The first-order chi connectivity index (χ1) is 7.95. The summed E-state index contributed by atoms with van der Waals surface area (Å²) in [5.74, 6) is 0.818. The van der Waals surface area contributed by atoms with Gasteiger partial charge in [0.05, 0.1) is 17.0 Å². The number of aryl methyl sites for hydroxylation is 1. The van der Waals surface area contributed by atoms with E-state index in [2.05, 4.69) is 10.3 Å². The average molecular weight is 253 g/mol. The predicted octanol–water partition coefficient (Wildman–Crippen LogP) is 0.696. The molecule has 92 valence electrons.